The number of ether oxygens (including phenoxy) is 1. The third-order valence-corrected chi connectivity index (χ3v) is 3.65. The Hall–Kier alpha value is -0.700. The van der Waals surface area contributed by atoms with Gasteiger partial charge in [-0.1, -0.05) is 0 Å². The molecule has 0 atom stereocenters. The van der Waals surface area contributed by atoms with Crippen LogP contribution in [0.4, 0.5) is 0 Å². The number of hydrogen-bond acceptors (Lipinski definition) is 4. The van der Waals surface area contributed by atoms with Crippen LogP contribution in [0.1, 0.15) is 0 Å². The van der Waals surface area contributed by atoms with Crippen LogP contribution in [-0.4, -0.2) is 33.7 Å². The summed E-state index contributed by atoms with van der Waals surface area (Å²) >= 11 is 3.08. The fourth-order valence-corrected chi connectivity index (χ4v) is 2.58. The highest BCUT2D eigenvalue weighted by atomic mass is 79.9. The van der Waals surface area contributed by atoms with Gasteiger partial charge < -0.3 is 9.72 Å². The molecule has 90 valence electrons. The number of nitrogens with one attached hydrogen (secondary N) is 2. The van der Waals surface area contributed by atoms with E-state index >= 15 is 0 Å². The molecule has 1 aromatic rings. The molecule has 16 heavy (non-hydrogen) atoms. The van der Waals surface area contributed by atoms with Gasteiger partial charge in [-0.3, -0.25) is 4.79 Å². The summed E-state index contributed by atoms with van der Waals surface area (Å²) in [4.78, 5) is 13.3. The Balaban J connectivity index is 2.98. The lowest BCUT2D eigenvalue weighted by molar-refractivity contribution is 0.204. The van der Waals surface area contributed by atoms with Crippen molar-refractivity contribution in [2.45, 2.75) is 4.90 Å². The number of halogens is 1. The smallest absolute Gasteiger partial charge is 0.268 e. The SMILES string of the molecule is COCCNS(=O)(=O)c1cc(Br)c[nH]c1=O. The first-order valence-electron chi connectivity index (χ1n) is 4.34. The van der Waals surface area contributed by atoms with Crippen LogP contribution in [0.15, 0.2) is 26.4 Å². The van der Waals surface area contributed by atoms with Crippen molar-refractivity contribution in [1.29, 1.82) is 0 Å². The van der Waals surface area contributed by atoms with E-state index in [2.05, 4.69) is 25.6 Å². The largest absolute Gasteiger partial charge is 0.383 e. The van der Waals surface area contributed by atoms with Crippen LogP contribution < -0.4 is 10.3 Å². The predicted molar refractivity (Wildman–Crippen MR) is 61.8 cm³/mol. The van der Waals surface area contributed by atoms with Crippen LogP contribution in [0.25, 0.3) is 0 Å². The molecule has 8 heteroatoms. The number of aromatic amines is 1. The van der Waals surface area contributed by atoms with Gasteiger partial charge in [0.25, 0.3) is 5.56 Å². The number of pyridine rings is 1. The molecular formula is C8H11BrN2O4S. The fraction of sp³-hybridized carbons (Fsp3) is 0.375. The maximum atomic E-state index is 11.7. The molecule has 0 saturated carbocycles. The lowest BCUT2D eigenvalue weighted by atomic mass is 10.5. The zero-order valence-electron chi connectivity index (χ0n) is 8.49. The maximum absolute atomic E-state index is 11.7. The predicted octanol–water partition coefficient (Wildman–Crippen LogP) is 0.0621. The number of methoxy groups -OCH3 is 1. The standard InChI is InChI=1S/C8H11BrN2O4S/c1-15-3-2-11-16(13,14)7-4-6(9)5-10-8(7)12/h4-5,11H,2-3H2,1H3,(H,10,12). The maximum Gasteiger partial charge on any atom is 0.268 e. The number of hydrogen-bond donors (Lipinski definition) is 2. The van der Waals surface area contributed by atoms with Crippen molar-refractivity contribution < 1.29 is 13.2 Å². The van der Waals surface area contributed by atoms with Gasteiger partial charge >= 0.3 is 0 Å². The van der Waals surface area contributed by atoms with Gasteiger partial charge in [0.05, 0.1) is 6.61 Å². The normalized spacial score (nSPS) is 11.6. The first kappa shape index (κ1) is 13.4. The van der Waals surface area contributed by atoms with Crippen molar-refractivity contribution >= 4 is 26.0 Å². The second-order valence-electron chi connectivity index (χ2n) is 2.90. The van der Waals surface area contributed by atoms with E-state index in [-0.39, 0.29) is 18.0 Å². The van der Waals surface area contributed by atoms with Crippen molar-refractivity contribution in [3.8, 4) is 0 Å². The summed E-state index contributed by atoms with van der Waals surface area (Å²) in [6.45, 7) is 0.357. The van der Waals surface area contributed by atoms with E-state index in [0.717, 1.165) is 0 Å². The quantitative estimate of drug-likeness (QED) is 0.753. The lowest BCUT2D eigenvalue weighted by Gasteiger charge is -2.05. The highest BCUT2D eigenvalue weighted by Gasteiger charge is 2.17. The van der Waals surface area contributed by atoms with Gasteiger partial charge in [0.1, 0.15) is 4.90 Å². The van der Waals surface area contributed by atoms with Crippen LogP contribution in [-0.2, 0) is 14.8 Å². The molecule has 0 unspecified atom stereocenters. The van der Waals surface area contributed by atoms with Crippen LogP contribution >= 0.6 is 15.9 Å². The van der Waals surface area contributed by atoms with Gasteiger partial charge in [-0.05, 0) is 22.0 Å². The van der Waals surface area contributed by atoms with Crippen LogP contribution in [0, 0.1) is 0 Å². The van der Waals surface area contributed by atoms with E-state index < -0.39 is 15.6 Å². The van der Waals surface area contributed by atoms with Crippen molar-refractivity contribution in [2.24, 2.45) is 0 Å². The molecule has 6 nitrogen and oxygen atoms in total. The average Bonchev–Trinajstić information content (AvgIpc) is 2.22. The molecule has 0 amide bonds. The van der Waals surface area contributed by atoms with Crippen molar-refractivity contribution in [3.05, 3.63) is 27.1 Å². The Kier molecular flexibility index (Phi) is 4.66. The van der Waals surface area contributed by atoms with Crippen molar-refractivity contribution in [1.82, 2.24) is 9.71 Å². The zero-order chi connectivity index (χ0) is 12.2. The van der Waals surface area contributed by atoms with E-state index in [1.165, 1.54) is 19.4 Å². The molecule has 0 fully saturated rings. The van der Waals surface area contributed by atoms with Gasteiger partial charge in [-0.25, -0.2) is 13.1 Å². The van der Waals surface area contributed by atoms with Crippen LogP contribution in [0.2, 0.25) is 0 Å². The summed E-state index contributed by atoms with van der Waals surface area (Å²) in [6, 6.07) is 1.24. The second kappa shape index (κ2) is 5.58. The number of rotatable bonds is 5. The Morgan fingerprint density at radius 1 is 1.56 bits per heavy atom. The van der Waals surface area contributed by atoms with Gasteiger partial charge in [0.2, 0.25) is 10.0 Å². The van der Waals surface area contributed by atoms with E-state index in [9.17, 15) is 13.2 Å². The summed E-state index contributed by atoms with van der Waals surface area (Å²) in [6.07, 6.45) is 1.37. The first-order valence-corrected chi connectivity index (χ1v) is 6.62. The number of sulfonamides is 1. The van der Waals surface area contributed by atoms with Gasteiger partial charge in [-0.2, -0.15) is 0 Å². The van der Waals surface area contributed by atoms with Gasteiger partial charge in [0, 0.05) is 24.3 Å². The average molecular weight is 311 g/mol. The Labute approximate surface area is 101 Å². The van der Waals surface area contributed by atoms with E-state index in [1.807, 2.05) is 0 Å². The Bertz CT molecular complexity index is 511. The highest BCUT2D eigenvalue weighted by Crippen LogP contribution is 2.10. The number of H-pyrrole nitrogens is 1. The summed E-state index contributed by atoms with van der Waals surface area (Å²) in [5, 5.41) is 0. The molecule has 0 radical (unpaired) electrons. The summed E-state index contributed by atoms with van der Waals surface area (Å²) < 4.78 is 30.8. The molecular weight excluding hydrogens is 300 g/mol. The highest BCUT2D eigenvalue weighted by molar-refractivity contribution is 9.10. The minimum atomic E-state index is -3.79. The molecule has 1 heterocycles. The zero-order valence-corrected chi connectivity index (χ0v) is 10.9. The third-order valence-electron chi connectivity index (χ3n) is 1.72. The molecule has 1 aromatic heterocycles. The van der Waals surface area contributed by atoms with Crippen molar-refractivity contribution in [3.63, 3.8) is 0 Å². The van der Waals surface area contributed by atoms with E-state index in [1.54, 1.807) is 0 Å². The van der Waals surface area contributed by atoms with E-state index in [4.69, 9.17) is 4.74 Å². The minimum absolute atomic E-state index is 0.116. The van der Waals surface area contributed by atoms with E-state index in [0.29, 0.717) is 4.47 Å². The summed E-state index contributed by atoms with van der Waals surface area (Å²) in [5.41, 5.74) is -0.659. The molecule has 0 aromatic carbocycles. The molecule has 2 N–H and O–H groups in total. The molecule has 1 rings (SSSR count). The molecule has 0 aliphatic heterocycles. The Morgan fingerprint density at radius 3 is 2.88 bits per heavy atom. The van der Waals surface area contributed by atoms with Crippen LogP contribution in [0.3, 0.4) is 0 Å². The van der Waals surface area contributed by atoms with Gasteiger partial charge in [0.15, 0.2) is 0 Å². The molecule has 0 aliphatic rings. The van der Waals surface area contributed by atoms with Gasteiger partial charge in [-0.15, -0.1) is 0 Å². The topological polar surface area (TPSA) is 88.3 Å². The minimum Gasteiger partial charge on any atom is -0.383 e. The molecule has 0 aliphatic carbocycles. The summed E-state index contributed by atoms with van der Waals surface area (Å²) in [5.74, 6) is 0. The molecule has 0 bridgehead atoms. The van der Waals surface area contributed by atoms with Crippen LogP contribution in [0.5, 0.6) is 0 Å². The molecule has 0 saturated heterocycles. The monoisotopic (exact) mass is 310 g/mol. The second-order valence-corrected chi connectivity index (χ2v) is 5.55. The third kappa shape index (κ3) is 3.41. The molecule has 0 spiro atoms. The Morgan fingerprint density at radius 2 is 2.25 bits per heavy atom. The lowest BCUT2D eigenvalue weighted by Crippen LogP contribution is -2.31. The fourth-order valence-electron chi connectivity index (χ4n) is 0.994. The summed E-state index contributed by atoms with van der Waals surface area (Å²) in [7, 11) is -2.33. The number of aromatic nitrogens is 1. The first-order chi connectivity index (χ1) is 7.47. The van der Waals surface area contributed by atoms with Crippen molar-refractivity contribution in [2.75, 3.05) is 20.3 Å².